The summed E-state index contributed by atoms with van der Waals surface area (Å²) in [5, 5.41) is 3.80. The van der Waals surface area contributed by atoms with Gasteiger partial charge in [0.05, 0.1) is 0 Å². The Morgan fingerprint density at radius 3 is 2.33 bits per heavy atom. The molecule has 0 aromatic carbocycles. The number of unbranched alkanes of at least 4 members (excludes halogenated alkanes) is 1. The van der Waals surface area contributed by atoms with Crippen molar-refractivity contribution in [3.05, 3.63) is 0 Å². The Morgan fingerprint density at radius 1 is 1.06 bits per heavy atom. The molecular formula is C17H35N. The fraction of sp³-hybridized carbons (Fsp3) is 1.00. The summed E-state index contributed by atoms with van der Waals surface area (Å²) in [6.07, 6.45) is 9.72. The molecular weight excluding hydrogens is 218 g/mol. The highest BCUT2D eigenvalue weighted by molar-refractivity contribution is 4.88. The molecule has 3 atom stereocenters. The van der Waals surface area contributed by atoms with Gasteiger partial charge in [-0.15, -0.1) is 0 Å². The molecule has 1 fully saturated rings. The van der Waals surface area contributed by atoms with Gasteiger partial charge in [-0.1, -0.05) is 47.5 Å². The zero-order chi connectivity index (χ0) is 13.6. The zero-order valence-corrected chi connectivity index (χ0v) is 13.4. The topological polar surface area (TPSA) is 12.0 Å². The second-order valence-corrected chi connectivity index (χ2v) is 7.34. The summed E-state index contributed by atoms with van der Waals surface area (Å²) in [5.41, 5.74) is 0.500. The zero-order valence-electron chi connectivity index (χ0n) is 13.4. The molecule has 0 heterocycles. The van der Waals surface area contributed by atoms with Gasteiger partial charge in [-0.05, 0) is 55.9 Å². The largest absolute Gasteiger partial charge is 0.314 e. The minimum Gasteiger partial charge on any atom is -0.314 e. The standard InChI is InChI=1S/C17H35N/c1-6-8-9-14-13-15(17(3,4)5)10-11-16(14)18-12-7-2/h14-16,18H,6-13H2,1-5H3. The molecule has 1 heteroatoms. The highest BCUT2D eigenvalue weighted by atomic mass is 14.9. The van der Waals surface area contributed by atoms with Crippen molar-refractivity contribution < 1.29 is 0 Å². The maximum Gasteiger partial charge on any atom is 0.00955 e. The van der Waals surface area contributed by atoms with E-state index in [1.807, 2.05) is 0 Å². The summed E-state index contributed by atoms with van der Waals surface area (Å²) in [5.74, 6) is 1.86. The molecule has 3 unspecified atom stereocenters. The van der Waals surface area contributed by atoms with E-state index in [9.17, 15) is 0 Å². The van der Waals surface area contributed by atoms with E-state index in [0.717, 1.165) is 17.9 Å². The number of nitrogens with one attached hydrogen (secondary N) is 1. The highest BCUT2D eigenvalue weighted by Crippen LogP contribution is 2.41. The molecule has 1 aliphatic rings. The predicted molar refractivity (Wildman–Crippen MR) is 81.9 cm³/mol. The lowest BCUT2D eigenvalue weighted by Crippen LogP contribution is -2.43. The minimum atomic E-state index is 0.500. The number of hydrogen-bond donors (Lipinski definition) is 1. The molecule has 0 aromatic rings. The molecule has 0 bridgehead atoms. The van der Waals surface area contributed by atoms with Crippen LogP contribution in [-0.2, 0) is 0 Å². The van der Waals surface area contributed by atoms with Crippen LogP contribution in [0.15, 0.2) is 0 Å². The van der Waals surface area contributed by atoms with Crippen molar-refractivity contribution in [2.75, 3.05) is 6.54 Å². The molecule has 0 saturated heterocycles. The van der Waals surface area contributed by atoms with Crippen LogP contribution in [0.4, 0.5) is 0 Å². The normalized spacial score (nSPS) is 29.5. The van der Waals surface area contributed by atoms with Crippen LogP contribution in [0.3, 0.4) is 0 Å². The Balaban J connectivity index is 2.54. The van der Waals surface area contributed by atoms with Crippen molar-refractivity contribution in [2.45, 2.75) is 85.6 Å². The second kappa shape index (κ2) is 7.53. The maximum atomic E-state index is 3.80. The number of rotatable bonds is 6. The summed E-state index contributed by atoms with van der Waals surface area (Å²) in [6, 6.07) is 0.801. The summed E-state index contributed by atoms with van der Waals surface area (Å²) in [7, 11) is 0. The smallest absolute Gasteiger partial charge is 0.00955 e. The van der Waals surface area contributed by atoms with E-state index in [1.54, 1.807) is 0 Å². The van der Waals surface area contributed by atoms with Crippen molar-refractivity contribution in [1.29, 1.82) is 0 Å². The lowest BCUT2D eigenvalue weighted by molar-refractivity contribution is 0.108. The minimum absolute atomic E-state index is 0.500. The van der Waals surface area contributed by atoms with Gasteiger partial charge in [0.2, 0.25) is 0 Å². The first-order valence-corrected chi connectivity index (χ1v) is 8.22. The van der Waals surface area contributed by atoms with Gasteiger partial charge in [-0.3, -0.25) is 0 Å². The van der Waals surface area contributed by atoms with E-state index in [4.69, 9.17) is 0 Å². The van der Waals surface area contributed by atoms with Crippen LogP contribution in [0.5, 0.6) is 0 Å². The first-order chi connectivity index (χ1) is 8.49. The van der Waals surface area contributed by atoms with Gasteiger partial charge in [0.25, 0.3) is 0 Å². The van der Waals surface area contributed by atoms with Gasteiger partial charge in [0.1, 0.15) is 0 Å². The Kier molecular flexibility index (Phi) is 6.70. The molecule has 1 saturated carbocycles. The Labute approximate surface area is 115 Å². The molecule has 0 radical (unpaired) electrons. The summed E-state index contributed by atoms with van der Waals surface area (Å²) >= 11 is 0. The van der Waals surface area contributed by atoms with Gasteiger partial charge in [0.15, 0.2) is 0 Å². The van der Waals surface area contributed by atoms with Gasteiger partial charge in [-0.25, -0.2) is 0 Å². The third-order valence-corrected chi connectivity index (χ3v) is 4.79. The summed E-state index contributed by atoms with van der Waals surface area (Å²) in [6.45, 7) is 13.1. The molecule has 0 spiro atoms. The van der Waals surface area contributed by atoms with Crippen LogP contribution >= 0.6 is 0 Å². The van der Waals surface area contributed by atoms with Gasteiger partial charge < -0.3 is 5.32 Å². The quantitative estimate of drug-likeness (QED) is 0.702. The fourth-order valence-corrected chi connectivity index (χ4v) is 3.43. The lowest BCUT2D eigenvalue weighted by Gasteiger charge is -2.42. The second-order valence-electron chi connectivity index (χ2n) is 7.34. The maximum absolute atomic E-state index is 3.80. The molecule has 1 rings (SSSR count). The van der Waals surface area contributed by atoms with Crippen LogP contribution < -0.4 is 5.32 Å². The van der Waals surface area contributed by atoms with Gasteiger partial charge in [-0.2, -0.15) is 0 Å². The molecule has 108 valence electrons. The van der Waals surface area contributed by atoms with E-state index in [1.165, 1.54) is 51.5 Å². The summed E-state index contributed by atoms with van der Waals surface area (Å²) < 4.78 is 0. The average molecular weight is 253 g/mol. The third kappa shape index (κ3) is 4.91. The van der Waals surface area contributed by atoms with Gasteiger partial charge >= 0.3 is 0 Å². The van der Waals surface area contributed by atoms with E-state index in [-0.39, 0.29) is 0 Å². The van der Waals surface area contributed by atoms with Crippen LogP contribution in [-0.4, -0.2) is 12.6 Å². The molecule has 1 nitrogen and oxygen atoms in total. The molecule has 0 aliphatic heterocycles. The SMILES string of the molecule is CCCCC1CC(C(C)(C)C)CCC1NCCC. The first-order valence-electron chi connectivity index (χ1n) is 8.22. The van der Waals surface area contributed by atoms with Crippen LogP contribution in [0.25, 0.3) is 0 Å². The van der Waals surface area contributed by atoms with Gasteiger partial charge in [0, 0.05) is 6.04 Å². The Bertz CT molecular complexity index is 216. The van der Waals surface area contributed by atoms with Crippen molar-refractivity contribution in [3.8, 4) is 0 Å². The van der Waals surface area contributed by atoms with E-state index < -0.39 is 0 Å². The van der Waals surface area contributed by atoms with Crippen molar-refractivity contribution in [1.82, 2.24) is 5.32 Å². The van der Waals surface area contributed by atoms with Crippen LogP contribution in [0, 0.1) is 17.3 Å². The highest BCUT2D eigenvalue weighted by Gasteiger charge is 2.35. The van der Waals surface area contributed by atoms with E-state index in [2.05, 4.69) is 39.9 Å². The first kappa shape index (κ1) is 16.0. The van der Waals surface area contributed by atoms with Crippen LogP contribution in [0.2, 0.25) is 0 Å². The molecule has 1 N–H and O–H groups in total. The van der Waals surface area contributed by atoms with Crippen molar-refractivity contribution >= 4 is 0 Å². The summed E-state index contributed by atoms with van der Waals surface area (Å²) in [4.78, 5) is 0. The van der Waals surface area contributed by atoms with Crippen LogP contribution in [0.1, 0.15) is 79.6 Å². The molecule has 1 aliphatic carbocycles. The Morgan fingerprint density at radius 2 is 1.78 bits per heavy atom. The third-order valence-electron chi connectivity index (χ3n) is 4.79. The fourth-order valence-electron chi connectivity index (χ4n) is 3.43. The Hall–Kier alpha value is -0.0400. The van der Waals surface area contributed by atoms with E-state index >= 15 is 0 Å². The lowest BCUT2D eigenvalue weighted by atomic mass is 9.66. The van der Waals surface area contributed by atoms with Crippen molar-refractivity contribution in [2.24, 2.45) is 17.3 Å². The predicted octanol–water partition coefficient (Wildman–Crippen LogP) is 5.01. The number of hydrogen-bond acceptors (Lipinski definition) is 1. The van der Waals surface area contributed by atoms with Crippen molar-refractivity contribution in [3.63, 3.8) is 0 Å². The van der Waals surface area contributed by atoms with E-state index in [0.29, 0.717) is 5.41 Å². The molecule has 0 amide bonds. The molecule has 0 aromatic heterocycles. The average Bonchev–Trinajstić information content (AvgIpc) is 2.33. The monoisotopic (exact) mass is 253 g/mol. The molecule has 18 heavy (non-hydrogen) atoms.